The van der Waals surface area contributed by atoms with Crippen LogP contribution in [0.3, 0.4) is 0 Å². The molecule has 0 amide bonds. The van der Waals surface area contributed by atoms with Gasteiger partial charge in [-0.15, -0.1) is 12.4 Å². The van der Waals surface area contributed by atoms with Crippen molar-refractivity contribution in [2.45, 2.75) is 26.3 Å². The van der Waals surface area contributed by atoms with E-state index in [1.54, 1.807) is 0 Å². The van der Waals surface area contributed by atoms with Crippen LogP contribution in [0.5, 0.6) is 17.2 Å². The number of benzene rings is 1. The molecular weight excluding hydrogens is 230 g/mol. The van der Waals surface area contributed by atoms with Gasteiger partial charge in [-0.3, -0.25) is 0 Å². The Balaban J connectivity index is 0.00000225. The summed E-state index contributed by atoms with van der Waals surface area (Å²) in [6.45, 7) is 4.05. The van der Waals surface area contributed by atoms with Gasteiger partial charge >= 0.3 is 0 Å². The number of phenolic OH excluding ortho intramolecular Hbond substituents is 3. The summed E-state index contributed by atoms with van der Waals surface area (Å²) in [4.78, 5) is 0. The molecule has 92 valence electrons. The van der Waals surface area contributed by atoms with Crippen molar-refractivity contribution < 1.29 is 15.3 Å². The molecule has 0 saturated heterocycles. The lowest BCUT2D eigenvalue weighted by atomic mass is 9.97. The molecule has 5 N–H and O–H groups in total. The van der Waals surface area contributed by atoms with Crippen LogP contribution in [0.15, 0.2) is 12.1 Å². The van der Waals surface area contributed by atoms with E-state index in [0.717, 1.165) is 0 Å². The molecule has 1 aromatic carbocycles. The van der Waals surface area contributed by atoms with E-state index >= 15 is 0 Å². The molecule has 16 heavy (non-hydrogen) atoms. The topological polar surface area (TPSA) is 86.7 Å². The predicted octanol–water partition coefficient (Wildman–Crippen LogP) is 2.27. The molecule has 0 fully saturated rings. The van der Waals surface area contributed by atoms with Crippen LogP contribution in [0, 0.1) is 5.92 Å². The van der Waals surface area contributed by atoms with Gasteiger partial charge in [0.05, 0.1) is 0 Å². The fraction of sp³-hybridized carbons (Fsp3) is 0.455. The molecule has 4 nitrogen and oxygen atoms in total. The van der Waals surface area contributed by atoms with E-state index in [1.165, 1.54) is 12.1 Å². The van der Waals surface area contributed by atoms with E-state index < -0.39 is 5.75 Å². The monoisotopic (exact) mass is 247 g/mol. The van der Waals surface area contributed by atoms with Crippen LogP contribution in [0.1, 0.15) is 31.9 Å². The van der Waals surface area contributed by atoms with Gasteiger partial charge in [-0.05, 0) is 24.5 Å². The first-order valence-corrected chi connectivity index (χ1v) is 4.92. The Labute approximate surface area is 101 Å². The number of aromatic hydroxyl groups is 3. The van der Waals surface area contributed by atoms with Gasteiger partial charge in [0, 0.05) is 11.6 Å². The zero-order valence-corrected chi connectivity index (χ0v) is 10.2. The van der Waals surface area contributed by atoms with Gasteiger partial charge in [-0.1, -0.05) is 13.8 Å². The van der Waals surface area contributed by atoms with Crippen LogP contribution in [0.2, 0.25) is 0 Å². The standard InChI is InChI=1S/C11H17NO3.ClH/c1-6(2)5-8(12)7-3-4-9(13)11(15)10(7)14;/h3-4,6,8,13-15H,5,12H2,1-2H3;1H/t8-;/m0./s1. The third kappa shape index (κ3) is 3.18. The van der Waals surface area contributed by atoms with Crippen LogP contribution in [-0.4, -0.2) is 15.3 Å². The first kappa shape index (κ1) is 14.9. The summed E-state index contributed by atoms with van der Waals surface area (Å²) in [5.41, 5.74) is 6.32. The highest BCUT2D eigenvalue weighted by Crippen LogP contribution is 2.40. The second-order valence-electron chi connectivity index (χ2n) is 4.11. The summed E-state index contributed by atoms with van der Waals surface area (Å²) in [6.07, 6.45) is 0.706. The van der Waals surface area contributed by atoms with Gasteiger partial charge in [0.15, 0.2) is 11.5 Å². The van der Waals surface area contributed by atoms with Crippen molar-refractivity contribution in [1.29, 1.82) is 0 Å². The molecule has 0 aliphatic heterocycles. The summed E-state index contributed by atoms with van der Waals surface area (Å²) in [6, 6.07) is 2.51. The van der Waals surface area contributed by atoms with Crippen molar-refractivity contribution in [3.8, 4) is 17.2 Å². The second kappa shape index (κ2) is 5.82. The van der Waals surface area contributed by atoms with Crippen LogP contribution in [0.25, 0.3) is 0 Å². The summed E-state index contributed by atoms with van der Waals surface area (Å²) in [5.74, 6) is -0.779. The number of hydrogen-bond acceptors (Lipinski definition) is 4. The van der Waals surface area contributed by atoms with E-state index in [2.05, 4.69) is 0 Å². The number of halogens is 1. The Morgan fingerprint density at radius 2 is 1.69 bits per heavy atom. The summed E-state index contributed by atoms with van der Waals surface area (Å²) in [7, 11) is 0. The Kier molecular flexibility index (Phi) is 5.41. The summed E-state index contributed by atoms with van der Waals surface area (Å²) in [5, 5.41) is 28.0. The average molecular weight is 248 g/mol. The minimum atomic E-state index is -0.508. The van der Waals surface area contributed by atoms with Gasteiger partial charge in [0.2, 0.25) is 5.75 Å². The number of rotatable bonds is 3. The lowest BCUT2D eigenvalue weighted by Gasteiger charge is -2.16. The van der Waals surface area contributed by atoms with Gasteiger partial charge in [-0.2, -0.15) is 0 Å². The van der Waals surface area contributed by atoms with E-state index in [4.69, 9.17) is 10.8 Å². The van der Waals surface area contributed by atoms with E-state index in [-0.39, 0.29) is 29.9 Å². The molecular formula is C11H18ClNO3. The van der Waals surface area contributed by atoms with Crippen molar-refractivity contribution in [3.63, 3.8) is 0 Å². The van der Waals surface area contributed by atoms with Crippen molar-refractivity contribution in [1.82, 2.24) is 0 Å². The Hall–Kier alpha value is -1.13. The Morgan fingerprint density at radius 1 is 1.12 bits per heavy atom. The zero-order chi connectivity index (χ0) is 11.6. The molecule has 1 aromatic rings. The fourth-order valence-corrected chi connectivity index (χ4v) is 1.52. The second-order valence-corrected chi connectivity index (χ2v) is 4.11. The van der Waals surface area contributed by atoms with Crippen LogP contribution >= 0.6 is 12.4 Å². The van der Waals surface area contributed by atoms with E-state index in [1.807, 2.05) is 13.8 Å². The third-order valence-electron chi connectivity index (χ3n) is 2.29. The maximum atomic E-state index is 9.57. The molecule has 5 heteroatoms. The van der Waals surface area contributed by atoms with Crippen molar-refractivity contribution in [3.05, 3.63) is 17.7 Å². The third-order valence-corrected chi connectivity index (χ3v) is 2.29. The van der Waals surface area contributed by atoms with Crippen LogP contribution in [0.4, 0.5) is 0 Å². The SMILES string of the molecule is CC(C)C[C@H](N)c1ccc(O)c(O)c1O.Cl. The molecule has 0 radical (unpaired) electrons. The van der Waals surface area contributed by atoms with Crippen molar-refractivity contribution >= 4 is 12.4 Å². The highest BCUT2D eigenvalue weighted by atomic mass is 35.5. The summed E-state index contributed by atoms with van der Waals surface area (Å²) < 4.78 is 0. The molecule has 1 atom stereocenters. The minimum absolute atomic E-state index is 0. The molecule has 1 rings (SSSR count). The number of nitrogens with two attached hydrogens (primary N) is 1. The largest absolute Gasteiger partial charge is 0.504 e. The smallest absolute Gasteiger partial charge is 0.200 e. The van der Waals surface area contributed by atoms with Crippen molar-refractivity contribution in [2.24, 2.45) is 11.7 Å². The average Bonchev–Trinajstić information content (AvgIpc) is 2.13. The van der Waals surface area contributed by atoms with Gasteiger partial charge in [0.25, 0.3) is 0 Å². The highest BCUT2D eigenvalue weighted by Gasteiger charge is 2.17. The lowest BCUT2D eigenvalue weighted by Crippen LogP contribution is -2.13. The van der Waals surface area contributed by atoms with Gasteiger partial charge in [-0.25, -0.2) is 0 Å². The number of phenols is 3. The van der Waals surface area contributed by atoms with E-state index in [0.29, 0.717) is 17.9 Å². The number of hydrogen-bond donors (Lipinski definition) is 4. The zero-order valence-electron chi connectivity index (χ0n) is 9.34. The molecule has 0 unspecified atom stereocenters. The molecule has 0 saturated carbocycles. The minimum Gasteiger partial charge on any atom is -0.504 e. The molecule has 0 aliphatic rings. The molecule has 0 spiro atoms. The van der Waals surface area contributed by atoms with E-state index in [9.17, 15) is 10.2 Å². The molecule has 0 heterocycles. The Morgan fingerprint density at radius 3 is 2.19 bits per heavy atom. The normalized spacial score (nSPS) is 12.2. The first-order valence-electron chi connectivity index (χ1n) is 4.92. The molecule has 0 bridgehead atoms. The lowest BCUT2D eigenvalue weighted by molar-refractivity contribution is 0.360. The predicted molar refractivity (Wildman–Crippen MR) is 65.1 cm³/mol. The first-order chi connectivity index (χ1) is 6.93. The molecule has 0 aliphatic carbocycles. The maximum absolute atomic E-state index is 9.57. The Bertz CT molecular complexity index is 355. The van der Waals surface area contributed by atoms with Gasteiger partial charge in [0.1, 0.15) is 0 Å². The van der Waals surface area contributed by atoms with Gasteiger partial charge < -0.3 is 21.1 Å². The van der Waals surface area contributed by atoms with Crippen LogP contribution in [-0.2, 0) is 0 Å². The maximum Gasteiger partial charge on any atom is 0.200 e. The fourth-order valence-electron chi connectivity index (χ4n) is 1.52. The molecule has 0 aromatic heterocycles. The highest BCUT2D eigenvalue weighted by molar-refractivity contribution is 5.85. The quantitative estimate of drug-likeness (QED) is 0.617. The van der Waals surface area contributed by atoms with Crippen molar-refractivity contribution in [2.75, 3.05) is 0 Å². The van der Waals surface area contributed by atoms with Crippen LogP contribution < -0.4 is 5.73 Å². The summed E-state index contributed by atoms with van der Waals surface area (Å²) >= 11 is 0.